The molecule has 0 saturated carbocycles. The van der Waals surface area contributed by atoms with Crippen molar-refractivity contribution < 1.29 is 9.59 Å². The predicted molar refractivity (Wildman–Crippen MR) is 108 cm³/mol. The van der Waals surface area contributed by atoms with Crippen LogP contribution in [0.5, 0.6) is 0 Å². The lowest BCUT2D eigenvalue weighted by Crippen LogP contribution is -2.43. The standard InChI is InChI=1S/C21H27N3O2S/c1-22(2)19(25)15-9-13-23(14-10-15)20(26)18-16-7-3-4-8-17(16)27-21(18)24-11-5-6-12-24/h5-6,11-12,15H,3-4,7-10,13-14H2,1-2H3. The van der Waals surface area contributed by atoms with Gasteiger partial charge in [-0.05, 0) is 56.2 Å². The van der Waals surface area contributed by atoms with Gasteiger partial charge in [-0.25, -0.2) is 0 Å². The van der Waals surface area contributed by atoms with E-state index in [-0.39, 0.29) is 17.7 Å². The van der Waals surface area contributed by atoms with E-state index in [0.29, 0.717) is 13.1 Å². The van der Waals surface area contributed by atoms with Crippen LogP contribution in [0.25, 0.3) is 5.00 Å². The van der Waals surface area contributed by atoms with Crippen molar-refractivity contribution in [2.75, 3.05) is 27.2 Å². The molecule has 0 N–H and O–H groups in total. The minimum atomic E-state index is 0.0457. The van der Waals surface area contributed by atoms with Gasteiger partial charge >= 0.3 is 0 Å². The second-order valence-corrected chi connectivity index (χ2v) is 8.86. The van der Waals surface area contributed by atoms with Crippen molar-refractivity contribution in [3.05, 3.63) is 40.5 Å². The van der Waals surface area contributed by atoms with Gasteiger partial charge < -0.3 is 14.4 Å². The number of piperidine rings is 1. The van der Waals surface area contributed by atoms with Crippen LogP contribution in [0.3, 0.4) is 0 Å². The van der Waals surface area contributed by atoms with Gasteiger partial charge in [-0.2, -0.15) is 0 Å². The minimum absolute atomic E-state index is 0.0457. The number of hydrogen-bond acceptors (Lipinski definition) is 3. The number of likely N-dealkylation sites (tertiary alicyclic amines) is 1. The Kier molecular flexibility index (Phi) is 5.08. The third-order valence-corrected chi connectivity index (χ3v) is 7.08. The summed E-state index contributed by atoms with van der Waals surface area (Å²) >= 11 is 1.78. The van der Waals surface area contributed by atoms with Crippen LogP contribution in [0.15, 0.2) is 24.5 Å². The van der Waals surface area contributed by atoms with Gasteiger partial charge in [-0.15, -0.1) is 11.3 Å². The summed E-state index contributed by atoms with van der Waals surface area (Å²) in [6, 6.07) is 4.01. The maximum absolute atomic E-state index is 13.5. The summed E-state index contributed by atoms with van der Waals surface area (Å²) < 4.78 is 2.08. The van der Waals surface area contributed by atoms with E-state index in [1.165, 1.54) is 16.9 Å². The number of aryl methyl sites for hydroxylation is 1. The molecule has 1 aliphatic carbocycles. The second kappa shape index (κ2) is 7.50. The zero-order valence-electron chi connectivity index (χ0n) is 16.1. The van der Waals surface area contributed by atoms with E-state index >= 15 is 0 Å². The maximum Gasteiger partial charge on any atom is 0.257 e. The van der Waals surface area contributed by atoms with Crippen LogP contribution in [0.2, 0.25) is 0 Å². The first-order valence-electron chi connectivity index (χ1n) is 9.84. The fourth-order valence-corrected chi connectivity index (χ4v) is 5.62. The molecule has 2 aromatic heterocycles. The van der Waals surface area contributed by atoms with Crippen molar-refractivity contribution in [1.29, 1.82) is 0 Å². The van der Waals surface area contributed by atoms with E-state index in [1.807, 2.05) is 29.4 Å². The molecule has 0 atom stereocenters. The van der Waals surface area contributed by atoms with Crippen molar-refractivity contribution in [1.82, 2.24) is 14.4 Å². The van der Waals surface area contributed by atoms with Crippen molar-refractivity contribution in [3.63, 3.8) is 0 Å². The number of fused-ring (bicyclic) bond motifs is 1. The third-order valence-electron chi connectivity index (χ3n) is 5.78. The molecule has 6 heteroatoms. The Hall–Kier alpha value is -2.08. The Bertz CT molecular complexity index is 830. The Morgan fingerprint density at radius 1 is 1.07 bits per heavy atom. The van der Waals surface area contributed by atoms with Gasteiger partial charge in [0, 0.05) is 50.4 Å². The fourth-order valence-electron chi connectivity index (χ4n) is 4.28. The number of carbonyl (C=O) groups excluding carboxylic acids is 2. The molecular formula is C21H27N3O2S. The second-order valence-electron chi connectivity index (χ2n) is 7.78. The van der Waals surface area contributed by atoms with E-state index in [4.69, 9.17) is 0 Å². The molecule has 0 aromatic carbocycles. The number of hydrogen-bond donors (Lipinski definition) is 0. The van der Waals surface area contributed by atoms with Crippen LogP contribution in [0.1, 0.15) is 46.5 Å². The highest BCUT2D eigenvalue weighted by atomic mass is 32.1. The van der Waals surface area contributed by atoms with Crippen molar-refractivity contribution in [2.24, 2.45) is 5.92 Å². The Balaban J connectivity index is 1.59. The normalized spacial score (nSPS) is 17.6. The molecule has 3 heterocycles. The molecule has 2 aliphatic rings. The van der Waals surface area contributed by atoms with E-state index in [2.05, 4.69) is 4.57 Å². The number of aromatic nitrogens is 1. The highest BCUT2D eigenvalue weighted by molar-refractivity contribution is 7.15. The molecule has 0 radical (unpaired) electrons. The zero-order chi connectivity index (χ0) is 19.0. The average Bonchev–Trinajstić information content (AvgIpc) is 3.34. The van der Waals surface area contributed by atoms with E-state index in [0.717, 1.165) is 42.7 Å². The summed E-state index contributed by atoms with van der Waals surface area (Å²) in [7, 11) is 3.61. The summed E-state index contributed by atoms with van der Waals surface area (Å²) in [6.07, 6.45) is 10.0. The van der Waals surface area contributed by atoms with Crippen LogP contribution in [0, 0.1) is 5.92 Å². The molecule has 0 bridgehead atoms. The predicted octanol–water partition coefficient (Wildman–Crippen LogP) is 3.36. The molecule has 2 amide bonds. The van der Waals surface area contributed by atoms with E-state index in [9.17, 15) is 9.59 Å². The van der Waals surface area contributed by atoms with Gasteiger partial charge in [0.1, 0.15) is 5.00 Å². The van der Waals surface area contributed by atoms with Crippen LogP contribution in [-0.2, 0) is 17.6 Å². The maximum atomic E-state index is 13.5. The fraction of sp³-hybridized carbons (Fsp3) is 0.524. The van der Waals surface area contributed by atoms with Gasteiger partial charge in [0.05, 0.1) is 5.56 Å². The van der Waals surface area contributed by atoms with Crippen LogP contribution >= 0.6 is 11.3 Å². The Labute approximate surface area is 164 Å². The molecule has 4 rings (SSSR count). The molecule has 1 aliphatic heterocycles. The molecule has 144 valence electrons. The number of nitrogens with zero attached hydrogens (tertiary/aromatic N) is 3. The van der Waals surface area contributed by atoms with Gasteiger partial charge in [0.15, 0.2) is 0 Å². The van der Waals surface area contributed by atoms with Gasteiger partial charge in [-0.3, -0.25) is 9.59 Å². The monoisotopic (exact) mass is 385 g/mol. The molecule has 0 spiro atoms. The lowest BCUT2D eigenvalue weighted by molar-refractivity contribution is -0.134. The molecule has 5 nitrogen and oxygen atoms in total. The average molecular weight is 386 g/mol. The SMILES string of the molecule is CN(C)C(=O)C1CCN(C(=O)c2c(-n3cccc3)sc3c2CCCC3)CC1. The van der Waals surface area contributed by atoms with Crippen molar-refractivity contribution >= 4 is 23.2 Å². The van der Waals surface area contributed by atoms with E-state index < -0.39 is 0 Å². The summed E-state index contributed by atoms with van der Waals surface area (Å²) in [5.41, 5.74) is 2.18. The summed E-state index contributed by atoms with van der Waals surface area (Å²) in [5, 5.41) is 1.06. The molecule has 1 saturated heterocycles. The van der Waals surface area contributed by atoms with Crippen LogP contribution in [0.4, 0.5) is 0 Å². The first-order valence-corrected chi connectivity index (χ1v) is 10.7. The summed E-state index contributed by atoms with van der Waals surface area (Å²) in [5.74, 6) is 0.376. The van der Waals surface area contributed by atoms with Gasteiger partial charge in [0.25, 0.3) is 5.91 Å². The van der Waals surface area contributed by atoms with Crippen LogP contribution < -0.4 is 0 Å². The number of amides is 2. The number of carbonyl (C=O) groups is 2. The summed E-state index contributed by atoms with van der Waals surface area (Å²) in [6.45, 7) is 1.33. The lowest BCUT2D eigenvalue weighted by atomic mass is 9.92. The molecule has 27 heavy (non-hydrogen) atoms. The highest BCUT2D eigenvalue weighted by Crippen LogP contribution is 2.38. The lowest BCUT2D eigenvalue weighted by Gasteiger charge is -2.33. The Morgan fingerprint density at radius 3 is 2.41 bits per heavy atom. The molecule has 1 fully saturated rings. The third kappa shape index (κ3) is 3.43. The largest absolute Gasteiger partial charge is 0.349 e. The topological polar surface area (TPSA) is 45.6 Å². The molecular weight excluding hydrogens is 358 g/mol. The highest BCUT2D eigenvalue weighted by Gasteiger charge is 2.33. The van der Waals surface area contributed by atoms with Gasteiger partial charge in [-0.1, -0.05) is 0 Å². The van der Waals surface area contributed by atoms with Crippen molar-refractivity contribution in [2.45, 2.75) is 38.5 Å². The smallest absolute Gasteiger partial charge is 0.257 e. The zero-order valence-corrected chi connectivity index (χ0v) is 16.9. The van der Waals surface area contributed by atoms with Crippen molar-refractivity contribution in [3.8, 4) is 5.00 Å². The quantitative estimate of drug-likeness (QED) is 0.813. The minimum Gasteiger partial charge on any atom is -0.349 e. The summed E-state index contributed by atoms with van der Waals surface area (Å²) in [4.78, 5) is 30.7. The van der Waals surface area contributed by atoms with Gasteiger partial charge in [0.2, 0.25) is 5.91 Å². The first kappa shape index (κ1) is 18.3. The number of rotatable bonds is 3. The van der Waals surface area contributed by atoms with Crippen LogP contribution in [-0.4, -0.2) is 53.4 Å². The Morgan fingerprint density at radius 2 is 1.74 bits per heavy atom. The number of thiophene rings is 1. The molecule has 0 unspecified atom stereocenters. The first-order chi connectivity index (χ1) is 13.1. The molecule has 2 aromatic rings. The van der Waals surface area contributed by atoms with E-state index in [1.54, 1.807) is 30.3 Å².